The Morgan fingerprint density at radius 3 is 2.12 bits per heavy atom. The maximum absolute atomic E-state index is 13.4. The molecule has 82 valence electrons. The van der Waals surface area contributed by atoms with E-state index in [0.29, 0.717) is 13.0 Å². The second-order valence-electron chi connectivity index (χ2n) is 3.79. The molecule has 0 saturated carbocycles. The van der Waals surface area contributed by atoms with Crippen LogP contribution in [0.3, 0.4) is 0 Å². The van der Waals surface area contributed by atoms with Gasteiger partial charge in [0.2, 0.25) is 0 Å². The summed E-state index contributed by atoms with van der Waals surface area (Å²) in [5, 5.41) is 0. The van der Waals surface area contributed by atoms with Crippen LogP contribution in [0, 0.1) is 5.82 Å². The predicted molar refractivity (Wildman–Crippen MR) is 63.5 cm³/mol. The van der Waals surface area contributed by atoms with Gasteiger partial charge in [0.15, 0.2) is 0 Å². The standard InChI is InChI=1S/C14H14FN/c15-14-4-2-1-3-13(14)9-11-5-7-12(10-16)8-6-11/h1-8H,9-10,16H2. The lowest BCUT2D eigenvalue weighted by atomic mass is 10.0. The van der Waals surface area contributed by atoms with E-state index in [4.69, 9.17) is 5.73 Å². The molecule has 2 heteroatoms. The Morgan fingerprint density at radius 1 is 0.875 bits per heavy atom. The van der Waals surface area contributed by atoms with E-state index in [2.05, 4.69) is 0 Å². The van der Waals surface area contributed by atoms with Crippen LogP contribution >= 0.6 is 0 Å². The molecule has 0 bridgehead atoms. The lowest BCUT2D eigenvalue weighted by Crippen LogP contribution is -1.97. The van der Waals surface area contributed by atoms with Crippen LogP contribution in [0.25, 0.3) is 0 Å². The van der Waals surface area contributed by atoms with Crippen LogP contribution < -0.4 is 5.73 Å². The molecule has 0 aromatic heterocycles. The van der Waals surface area contributed by atoms with Gasteiger partial charge >= 0.3 is 0 Å². The highest BCUT2D eigenvalue weighted by Crippen LogP contribution is 2.13. The third-order valence-corrected chi connectivity index (χ3v) is 2.61. The summed E-state index contributed by atoms with van der Waals surface area (Å²) in [7, 11) is 0. The minimum atomic E-state index is -0.148. The molecule has 0 fully saturated rings. The van der Waals surface area contributed by atoms with Gasteiger partial charge in [-0.2, -0.15) is 0 Å². The molecule has 0 aliphatic rings. The van der Waals surface area contributed by atoms with Crippen LogP contribution in [0.15, 0.2) is 48.5 Å². The molecule has 2 rings (SSSR count). The zero-order valence-electron chi connectivity index (χ0n) is 8.99. The molecule has 2 aromatic rings. The van der Waals surface area contributed by atoms with Gasteiger partial charge in [0, 0.05) is 13.0 Å². The van der Waals surface area contributed by atoms with Crippen molar-refractivity contribution < 1.29 is 4.39 Å². The SMILES string of the molecule is NCc1ccc(Cc2ccccc2F)cc1. The van der Waals surface area contributed by atoms with Crippen LogP contribution in [-0.2, 0) is 13.0 Å². The van der Waals surface area contributed by atoms with Crippen molar-refractivity contribution in [2.75, 3.05) is 0 Å². The summed E-state index contributed by atoms with van der Waals surface area (Å²) in [5.74, 6) is -0.148. The number of benzene rings is 2. The second-order valence-corrected chi connectivity index (χ2v) is 3.79. The third-order valence-electron chi connectivity index (χ3n) is 2.61. The lowest BCUT2D eigenvalue weighted by molar-refractivity contribution is 0.614. The van der Waals surface area contributed by atoms with Gasteiger partial charge in [-0.15, -0.1) is 0 Å². The van der Waals surface area contributed by atoms with Crippen LogP contribution in [0.1, 0.15) is 16.7 Å². The van der Waals surface area contributed by atoms with Gasteiger partial charge in [0.1, 0.15) is 5.82 Å². The highest BCUT2D eigenvalue weighted by Gasteiger charge is 2.01. The van der Waals surface area contributed by atoms with Crippen LogP contribution in [0.5, 0.6) is 0 Å². The number of hydrogen-bond acceptors (Lipinski definition) is 1. The molecule has 1 nitrogen and oxygen atoms in total. The Morgan fingerprint density at radius 2 is 1.50 bits per heavy atom. The molecule has 0 aliphatic heterocycles. The fourth-order valence-electron chi connectivity index (χ4n) is 1.65. The van der Waals surface area contributed by atoms with Crippen molar-refractivity contribution in [3.05, 3.63) is 71.0 Å². The van der Waals surface area contributed by atoms with Crippen molar-refractivity contribution in [3.63, 3.8) is 0 Å². The molecule has 0 amide bonds. The van der Waals surface area contributed by atoms with E-state index < -0.39 is 0 Å². The Hall–Kier alpha value is -1.67. The molecule has 0 unspecified atom stereocenters. The first-order chi connectivity index (χ1) is 7.79. The molecule has 16 heavy (non-hydrogen) atoms. The summed E-state index contributed by atoms with van der Waals surface area (Å²) in [6.07, 6.45) is 0.623. The van der Waals surface area contributed by atoms with Crippen LogP contribution in [-0.4, -0.2) is 0 Å². The highest BCUT2D eigenvalue weighted by molar-refractivity contribution is 5.29. The van der Waals surface area contributed by atoms with Crippen molar-refractivity contribution in [1.82, 2.24) is 0 Å². The number of rotatable bonds is 3. The monoisotopic (exact) mass is 215 g/mol. The number of hydrogen-bond donors (Lipinski definition) is 1. The third kappa shape index (κ3) is 2.47. The predicted octanol–water partition coefficient (Wildman–Crippen LogP) is 2.88. The van der Waals surface area contributed by atoms with Gasteiger partial charge in [0.05, 0.1) is 0 Å². The maximum atomic E-state index is 13.4. The van der Waals surface area contributed by atoms with Gasteiger partial charge in [-0.25, -0.2) is 4.39 Å². The zero-order valence-corrected chi connectivity index (χ0v) is 8.99. The molecule has 0 saturated heterocycles. The molecule has 0 spiro atoms. The quantitative estimate of drug-likeness (QED) is 0.837. The topological polar surface area (TPSA) is 26.0 Å². The van der Waals surface area contributed by atoms with E-state index in [1.807, 2.05) is 36.4 Å². The van der Waals surface area contributed by atoms with Gasteiger partial charge in [-0.05, 0) is 22.8 Å². The smallest absolute Gasteiger partial charge is 0.126 e. The molecule has 0 radical (unpaired) electrons. The molecule has 2 aromatic carbocycles. The molecular formula is C14H14FN. The summed E-state index contributed by atoms with van der Waals surface area (Å²) in [5.41, 5.74) is 8.44. The van der Waals surface area contributed by atoms with Crippen molar-refractivity contribution >= 4 is 0 Å². The average Bonchev–Trinajstić information content (AvgIpc) is 2.33. The zero-order chi connectivity index (χ0) is 11.4. The van der Waals surface area contributed by atoms with Crippen molar-refractivity contribution in [3.8, 4) is 0 Å². The lowest BCUT2D eigenvalue weighted by Gasteiger charge is -2.04. The Bertz CT molecular complexity index is 462. The summed E-state index contributed by atoms with van der Waals surface area (Å²) in [6.45, 7) is 0.542. The normalized spacial score (nSPS) is 10.4. The Kier molecular flexibility index (Phi) is 3.32. The average molecular weight is 215 g/mol. The van der Waals surface area contributed by atoms with E-state index in [-0.39, 0.29) is 5.82 Å². The van der Waals surface area contributed by atoms with Crippen molar-refractivity contribution in [1.29, 1.82) is 0 Å². The highest BCUT2D eigenvalue weighted by atomic mass is 19.1. The number of halogens is 1. The molecule has 0 aliphatic carbocycles. The van der Waals surface area contributed by atoms with Crippen LogP contribution in [0.2, 0.25) is 0 Å². The van der Waals surface area contributed by atoms with Gasteiger partial charge in [0.25, 0.3) is 0 Å². The van der Waals surface area contributed by atoms with E-state index in [0.717, 1.165) is 16.7 Å². The molecular weight excluding hydrogens is 201 g/mol. The first-order valence-electron chi connectivity index (χ1n) is 5.31. The number of nitrogens with two attached hydrogens (primary N) is 1. The van der Waals surface area contributed by atoms with Crippen molar-refractivity contribution in [2.24, 2.45) is 5.73 Å². The molecule has 0 heterocycles. The van der Waals surface area contributed by atoms with E-state index >= 15 is 0 Å². The minimum Gasteiger partial charge on any atom is -0.326 e. The minimum absolute atomic E-state index is 0.148. The van der Waals surface area contributed by atoms with Gasteiger partial charge in [-0.1, -0.05) is 42.5 Å². The summed E-state index contributed by atoms with van der Waals surface area (Å²) in [6, 6.07) is 14.8. The van der Waals surface area contributed by atoms with Crippen molar-refractivity contribution in [2.45, 2.75) is 13.0 Å². The molecule has 0 atom stereocenters. The van der Waals surface area contributed by atoms with Crippen LogP contribution in [0.4, 0.5) is 4.39 Å². The van der Waals surface area contributed by atoms with Gasteiger partial charge < -0.3 is 5.73 Å². The molecule has 2 N–H and O–H groups in total. The Labute approximate surface area is 94.7 Å². The summed E-state index contributed by atoms with van der Waals surface area (Å²) in [4.78, 5) is 0. The maximum Gasteiger partial charge on any atom is 0.126 e. The summed E-state index contributed by atoms with van der Waals surface area (Å²) >= 11 is 0. The Balaban J connectivity index is 2.18. The fourth-order valence-corrected chi connectivity index (χ4v) is 1.65. The summed E-state index contributed by atoms with van der Waals surface area (Å²) < 4.78 is 13.4. The first-order valence-corrected chi connectivity index (χ1v) is 5.31. The fraction of sp³-hybridized carbons (Fsp3) is 0.143. The van der Waals surface area contributed by atoms with E-state index in [1.54, 1.807) is 6.07 Å². The largest absolute Gasteiger partial charge is 0.326 e. The van der Waals surface area contributed by atoms with Gasteiger partial charge in [-0.3, -0.25) is 0 Å². The van der Waals surface area contributed by atoms with E-state index in [9.17, 15) is 4.39 Å². The van der Waals surface area contributed by atoms with E-state index in [1.165, 1.54) is 6.07 Å². The first kappa shape index (κ1) is 10.8. The second kappa shape index (κ2) is 4.90.